The number of hydrogen-bond acceptors (Lipinski definition) is 3. The monoisotopic (exact) mass is 405 g/mol. The van der Waals surface area contributed by atoms with Crippen LogP contribution in [-0.4, -0.2) is 30.8 Å². The van der Waals surface area contributed by atoms with Gasteiger partial charge in [-0.05, 0) is 58.5 Å². The predicted octanol–water partition coefficient (Wildman–Crippen LogP) is 2.93. The molecule has 2 heterocycles. The zero-order valence-corrected chi connectivity index (χ0v) is 15.9. The Balaban J connectivity index is 1.53. The summed E-state index contributed by atoms with van der Waals surface area (Å²) in [6.45, 7) is 0.727. The van der Waals surface area contributed by atoms with Gasteiger partial charge >= 0.3 is 0 Å². The van der Waals surface area contributed by atoms with Gasteiger partial charge < -0.3 is 15.4 Å². The minimum Gasteiger partial charge on any atom is -0.405 e. The van der Waals surface area contributed by atoms with Crippen molar-refractivity contribution in [2.24, 2.45) is 0 Å². The zero-order valence-electron chi connectivity index (χ0n) is 14.3. The van der Waals surface area contributed by atoms with Crippen LogP contribution in [0.25, 0.3) is 11.0 Å². The third-order valence-electron chi connectivity index (χ3n) is 4.98. The average molecular weight is 406 g/mol. The largest absolute Gasteiger partial charge is 0.405 e. The molecule has 4 rings (SSSR count). The van der Waals surface area contributed by atoms with Crippen LogP contribution >= 0.6 is 15.9 Å². The van der Waals surface area contributed by atoms with Crippen molar-refractivity contribution in [2.75, 3.05) is 0 Å². The number of hydrogen-bond donors (Lipinski definition) is 3. The van der Waals surface area contributed by atoms with Crippen molar-refractivity contribution in [2.45, 2.75) is 37.2 Å². The number of aliphatic hydroxyl groups is 1. The van der Waals surface area contributed by atoms with Crippen molar-refractivity contribution in [1.82, 2.24) is 15.3 Å². The summed E-state index contributed by atoms with van der Waals surface area (Å²) in [6, 6.07) is 11.7. The van der Waals surface area contributed by atoms with Gasteiger partial charge in [0.2, 0.25) is 0 Å². The number of pyridine rings is 1. The Morgan fingerprint density at radius 2 is 2.00 bits per heavy atom. The Labute approximate surface area is 163 Å². The lowest BCUT2D eigenvalue weighted by molar-refractivity contribution is 0.217. The topological polar surface area (TPSA) is 60.9 Å². The first-order chi connectivity index (χ1) is 12.4. The Morgan fingerprint density at radius 1 is 1.23 bits per heavy atom. The summed E-state index contributed by atoms with van der Waals surface area (Å²) >= 11 is 3.46. The van der Waals surface area contributed by atoms with Crippen molar-refractivity contribution in [3.8, 4) is 0 Å². The van der Waals surface area contributed by atoms with Crippen LogP contribution in [0, 0.1) is 0 Å². The molecule has 4 radical (unpaired) electrons. The van der Waals surface area contributed by atoms with Gasteiger partial charge in [-0.2, -0.15) is 0 Å². The van der Waals surface area contributed by atoms with Gasteiger partial charge in [-0.25, -0.2) is 4.98 Å². The van der Waals surface area contributed by atoms with Gasteiger partial charge in [-0.15, -0.1) is 0 Å². The van der Waals surface area contributed by atoms with Crippen LogP contribution in [0.2, 0.25) is 0 Å². The van der Waals surface area contributed by atoms with E-state index in [2.05, 4.69) is 37.3 Å². The standard InChI is InChI=1S/C19H18B2BrN3O/c20-19(21,26)12-6-4-11(5-7-12)10-23-14-3-1-2-13-17(14)24-15-8-9-16(22)25-18(13)15/h4-9,14,23-24,26H,1-3,10H2/t14-/m1/s1. The van der Waals surface area contributed by atoms with E-state index in [1.807, 2.05) is 18.2 Å². The number of rotatable bonds is 4. The first kappa shape index (κ1) is 17.8. The molecule has 0 saturated heterocycles. The van der Waals surface area contributed by atoms with Crippen LogP contribution in [-0.2, 0) is 18.4 Å². The highest BCUT2D eigenvalue weighted by atomic mass is 79.9. The number of aryl methyl sites for hydroxylation is 1. The minimum absolute atomic E-state index is 0.271. The van der Waals surface area contributed by atoms with E-state index in [0.29, 0.717) is 5.56 Å². The molecule has 2 aromatic heterocycles. The van der Waals surface area contributed by atoms with E-state index in [4.69, 9.17) is 15.7 Å². The molecular formula is C19H18B2BrN3O. The molecule has 0 aliphatic heterocycles. The Kier molecular flexibility index (Phi) is 4.71. The number of fused-ring (bicyclic) bond motifs is 3. The first-order valence-electron chi connectivity index (χ1n) is 8.72. The van der Waals surface area contributed by atoms with E-state index in [0.717, 1.165) is 47.0 Å². The molecule has 26 heavy (non-hydrogen) atoms. The Hall–Kier alpha value is -1.56. The van der Waals surface area contributed by atoms with E-state index in [-0.39, 0.29) is 6.04 Å². The number of nitrogens with one attached hydrogen (secondary N) is 2. The number of nitrogens with zero attached hydrogens (tertiary/aromatic N) is 1. The summed E-state index contributed by atoms with van der Waals surface area (Å²) in [5.74, 6) is 0. The van der Waals surface area contributed by atoms with E-state index in [1.54, 1.807) is 12.1 Å². The fraction of sp³-hybridized carbons (Fsp3) is 0.316. The number of aromatic nitrogens is 2. The first-order valence-corrected chi connectivity index (χ1v) is 9.51. The molecule has 1 aliphatic rings. The molecule has 0 saturated carbocycles. The summed E-state index contributed by atoms with van der Waals surface area (Å²) in [6.07, 6.45) is 3.28. The molecule has 1 atom stereocenters. The Bertz CT molecular complexity index is 934. The number of H-pyrrole nitrogens is 1. The molecule has 1 aromatic carbocycles. The van der Waals surface area contributed by atoms with Crippen molar-refractivity contribution >= 4 is 42.7 Å². The molecule has 3 aromatic rings. The summed E-state index contributed by atoms with van der Waals surface area (Å²) in [7, 11) is 11.0. The van der Waals surface area contributed by atoms with Gasteiger partial charge in [-0.1, -0.05) is 24.3 Å². The molecule has 0 unspecified atom stereocenters. The van der Waals surface area contributed by atoms with E-state index in [1.165, 1.54) is 11.3 Å². The predicted molar refractivity (Wildman–Crippen MR) is 108 cm³/mol. The van der Waals surface area contributed by atoms with Gasteiger partial charge in [0.05, 0.1) is 11.0 Å². The van der Waals surface area contributed by atoms with Gasteiger partial charge in [-0.3, -0.25) is 0 Å². The highest BCUT2D eigenvalue weighted by molar-refractivity contribution is 9.10. The van der Waals surface area contributed by atoms with Crippen molar-refractivity contribution in [3.05, 3.63) is 63.4 Å². The maximum Gasteiger partial charge on any atom is 0.106 e. The fourth-order valence-corrected chi connectivity index (χ4v) is 3.94. The summed E-state index contributed by atoms with van der Waals surface area (Å²) < 4.78 is 0.863. The van der Waals surface area contributed by atoms with Gasteiger partial charge in [0.15, 0.2) is 0 Å². The maximum absolute atomic E-state index is 9.64. The van der Waals surface area contributed by atoms with Gasteiger partial charge in [0.25, 0.3) is 0 Å². The highest BCUT2D eigenvalue weighted by Gasteiger charge is 2.24. The minimum atomic E-state index is -1.80. The third-order valence-corrected chi connectivity index (χ3v) is 5.42. The molecule has 0 spiro atoms. The second-order valence-corrected chi connectivity index (χ2v) is 7.71. The molecule has 0 fully saturated rings. The molecule has 0 bridgehead atoms. The highest BCUT2D eigenvalue weighted by Crippen LogP contribution is 2.34. The molecule has 0 amide bonds. The lowest BCUT2D eigenvalue weighted by atomic mass is 9.61. The molecule has 4 nitrogen and oxygen atoms in total. The number of aromatic amines is 1. The smallest absolute Gasteiger partial charge is 0.106 e. The summed E-state index contributed by atoms with van der Waals surface area (Å²) in [4.78, 5) is 8.19. The van der Waals surface area contributed by atoms with Crippen LogP contribution < -0.4 is 5.32 Å². The fourth-order valence-electron chi connectivity index (χ4n) is 3.63. The van der Waals surface area contributed by atoms with Crippen LogP contribution in [0.3, 0.4) is 0 Å². The van der Waals surface area contributed by atoms with E-state index >= 15 is 0 Å². The molecule has 7 heteroatoms. The van der Waals surface area contributed by atoms with Crippen LogP contribution in [0.15, 0.2) is 41.0 Å². The Morgan fingerprint density at radius 3 is 2.73 bits per heavy atom. The van der Waals surface area contributed by atoms with E-state index < -0.39 is 5.40 Å². The SMILES string of the molecule is [B]C([B])(O)c1ccc(CN[C@@H]2CCCc3c2[nH]c2ccc(Br)nc32)cc1. The van der Waals surface area contributed by atoms with E-state index in [9.17, 15) is 5.11 Å². The second kappa shape index (κ2) is 6.87. The average Bonchev–Trinajstić information content (AvgIpc) is 2.98. The number of halogens is 1. The van der Waals surface area contributed by atoms with Gasteiger partial charge in [0, 0.05) is 29.2 Å². The maximum atomic E-state index is 9.64. The zero-order chi connectivity index (χ0) is 18.3. The lowest BCUT2D eigenvalue weighted by Gasteiger charge is -2.24. The quantitative estimate of drug-likeness (QED) is 0.462. The molecule has 128 valence electrons. The van der Waals surface area contributed by atoms with Crippen molar-refractivity contribution < 1.29 is 5.11 Å². The van der Waals surface area contributed by atoms with Crippen molar-refractivity contribution in [3.63, 3.8) is 0 Å². The van der Waals surface area contributed by atoms with Crippen LogP contribution in [0.1, 0.15) is 41.3 Å². The summed E-state index contributed by atoms with van der Waals surface area (Å²) in [5.41, 5.74) is 6.32. The third kappa shape index (κ3) is 3.48. The molecule has 1 aliphatic carbocycles. The lowest BCUT2D eigenvalue weighted by Crippen LogP contribution is -2.26. The summed E-state index contributed by atoms with van der Waals surface area (Å²) in [5, 5.41) is 11.5. The number of benzene rings is 1. The normalized spacial score (nSPS) is 17.4. The molecule has 3 N–H and O–H groups in total. The van der Waals surface area contributed by atoms with Crippen LogP contribution in [0.4, 0.5) is 0 Å². The molecular weight excluding hydrogens is 388 g/mol. The van der Waals surface area contributed by atoms with Crippen molar-refractivity contribution in [1.29, 1.82) is 0 Å². The second-order valence-electron chi connectivity index (χ2n) is 6.90. The van der Waals surface area contributed by atoms with Gasteiger partial charge in [0.1, 0.15) is 20.3 Å². The van der Waals surface area contributed by atoms with Crippen LogP contribution in [0.5, 0.6) is 0 Å².